The highest BCUT2D eigenvalue weighted by molar-refractivity contribution is 7.86. The highest BCUT2D eigenvalue weighted by Gasteiger charge is 2.46. The average Bonchev–Trinajstić information content (AvgIpc) is 3.55. The Morgan fingerprint density at radius 3 is 2.43 bits per heavy atom. The molecule has 0 aromatic carbocycles. The lowest BCUT2D eigenvalue weighted by Gasteiger charge is -2.40. The largest absolute Gasteiger partial charge is 0.465 e. The number of carboxylic acid groups (broad SMARTS) is 1. The van der Waals surface area contributed by atoms with Crippen molar-refractivity contribution in [3.8, 4) is 11.4 Å². The maximum atomic E-state index is 14.0. The summed E-state index contributed by atoms with van der Waals surface area (Å²) in [5, 5.41) is 14.3. The van der Waals surface area contributed by atoms with Crippen molar-refractivity contribution in [2.45, 2.75) is 70.9 Å². The van der Waals surface area contributed by atoms with Crippen LogP contribution in [0, 0.1) is 12.3 Å². The van der Waals surface area contributed by atoms with Gasteiger partial charge in [0, 0.05) is 52.4 Å². The molecule has 13 nitrogen and oxygen atoms in total. The molecule has 0 aliphatic carbocycles. The number of likely N-dealkylation sites (tertiary alicyclic amines) is 1. The molecule has 18 heteroatoms. The summed E-state index contributed by atoms with van der Waals surface area (Å²) in [7, 11) is -5.76. The van der Waals surface area contributed by atoms with Crippen molar-refractivity contribution in [2.75, 3.05) is 43.9 Å². The van der Waals surface area contributed by atoms with Crippen LogP contribution in [0.1, 0.15) is 36.8 Å². The van der Waals surface area contributed by atoms with Gasteiger partial charge in [0.15, 0.2) is 5.82 Å². The van der Waals surface area contributed by atoms with Crippen LogP contribution in [0.5, 0.6) is 0 Å². The van der Waals surface area contributed by atoms with Gasteiger partial charge in [-0.25, -0.2) is 19.4 Å². The molecule has 3 aromatic rings. The lowest BCUT2D eigenvalue weighted by molar-refractivity contribution is -0.197. The van der Waals surface area contributed by atoms with Crippen molar-refractivity contribution in [3.05, 3.63) is 29.8 Å². The van der Waals surface area contributed by atoms with Crippen LogP contribution in [0.2, 0.25) is 25.7 Å². The van der Waals surface area contributed by atoms with Crippen LogP contribution in [0.3, 0.4) is 0 Å². The van der Waals surface area contributed by atoms with E-state index in [0.29, 0.717) is 74.8 Å². The first-order valence-corrected chi connectivity index (χ1v) is 20.8. The van der Waals surface area contributed by atoms with E-state index < -0.39 is 42.3 Å². The van der Waals surface area contributed by atoms with E-state index in [-0.39, 0.29) is 23.0 Å². The number of rotatable bonds is 10. The molecule has 1 N–H and O–H groups in total. The molecule has 1 unspecified atom stereocenters. The van der Waals surface area contributed by atoms with Crippen molar-refractivity contribution in [2.24, 2.45) is 5.41 Å². The minimum absolute atomic E-state index is 0.189. The first kappa shape index (κ1) is 35.0. The molecule has 2 aliphatic rings. The van der Waals surface area contributed by atoms with Gasteiger partial charge in [-0.3, -0.25) is 9.17 Å². The van der Waals surface area contributed by atoms with Crippen LogP contribution in [0.25, 0.3) is 22.3 Å². The molecular formula is C29H40F3N7O6SSi. The number of pyridine rings is 1. The van der Waals surface area contributed by atoms with E-state index in [9.17, 15) is 31.5 Å². The number of piperidine rings is 1. The molecule has 1 spiro atoms. The summed E-state index contributed by atoms with van der Waals surface area (Å²) < 4.78 is 77.5. The van der Waals surface area contributed by atoms with Crippen molar-refractivity contribution in [1.82, 2.24) is 29.6 Å². The molecular weight excluding hydrogens is 660 g/mol. The third kappa shape index (κ3) is 8.39. The molecule has 258 valence electrons. The fourth-order valence-electron chi connectivity index (χ4n) is 6.02. The topological polar surface area (TPSA) is 153 Å². The Morgan fingerprint density at radius 1 is 1.15 bits per heavy atom. The molecule has 2 aliphatic heterocycles. The second kappa shape index (κ2) is 12.9. The third-order valence-corrected chi connectivity index (χ3v) is 10.9. The zero-order chi connectivity index (χ0) is 34.4. The van der Waals surface area contributed by atoms with Gasteiger partial charge in [-0.2, -0.15) is 26.7 Å². The predicted molar refractivity (Wildman–Crippen MR) is 170 cm³/mol. The summed E-state index contributed by atoms with van der Waals surface area (Å²) in [5.74, 6) is 0.654. The minimum Gasteiger partial charge on any atom is -0.465 e. The smallest absolute Gasteiger partial charge is 0.421 e. The first-order valence-electron chi connectivity index (χ1n) is 15.3. The highest BCUT2D eigenvalue weighted by Crippen LogP contribution is 2.43. The van der Waals surface area contributed by atoms with Crippen molar-refractivity contribution >= 4 is 41.0 Å². The Kier molecular flexibility index (Phi) is 9.62. The lowest BCUT2D eigenvalue weighted by Crippen LogP contribution is -2.42. The number of hydrogen-bond donors (Lipinski definition) is 1. The van der Waals surface area contributed by atoms with E-state index in [2.05, 4.69) is 38.9 Å². The van der Waals surface area contributed by atoms with E-state index in [1.807, 2.05) is 4.90 Å². The van der Waals surface area contributed by atoms with Crippen LogP contribution < -0.4 is 4.90 Å². The number of nitrogens with zero attached hydrogens (tertiary/aromatic N) is 7. The molecule has 0 radical (unpaired) electrons. The van der Waals surface area contributed by atoms with Crippen LogP contribution in [0.15, 0.2) is 18.5 Å². The van der Waals surface area contributed by atoms with Gasteiger partial charge in [0.25, 0.3) is 10.1 Å². The summed E-state index contributed by atoms with van der Waals surface area (Å²) in [6.45, 7) is 11.3. The van der Waals surface area contributed by atoms with Gasteiger partial charge in [0.05, 0.1) is 34.9 Å². The van der Waals surface area contributed by atoms with Gasteiger partial charge in [0.2, 0.25) is 6.10 Å². The van der Waals surface area contributed by atoms with Crippen LogP contribution in [0.4, 0.5) is 23.8 Å². The van der Waals surface area contributed by atoms with E-state index in [4.69, 9.17) is 9.72 Å². The molecule has 2 fully saturated rings. The standard InChI is InChI=1S/C29H40F3N7O6SSi/c1-19-21(16-39(36-19)18-44-12-13-47(3,4)5)25-34-23-15-33-22(24(29(30,31)32)45-46(2,42)43)14-20(23)26(35-25)37-9-6-28(7-10-37)8-11-38(17-28)27(40)41/h14-16,24H,6-13,17-18H2,1-5H3,(H,40,41). The Morgan fingerprint density at radius 2 is 1.83 bits per heavy atom. The van der Waals surface area contributed by atoms with E-state index in [1.54, 1.807) is 17.8 Å². The Labute approximate surface area is 272 Å². The molecule has 0 saturated carbocycles. The number of alkyl halides is 3. The molecule has 47 heavy (non-hydrogen) atoms. The summed E-state index contributed by atoms with van der Waals surface area (Å²) in [6.07, 6.45) is -3.32. The number of aromatic nitrogens is 5. The molecule has 0 bridgehead atoms. The highest BCUT2D eigenvalue weighted by atomic mass is 32.2. The fraction of sp³-hybridized carbons (Fsp3) is 0.621. The second-order valence-electron chi connectivity index (χ2n) is 13.7. The van der Waals surface area contributed by atoms with Gasteiger partial charge in [0.1, 0.15) is 12.5 Å². The Hall–Kier alpha value is -3.35. The zero-order valence-electron chi connectivity index (χ0n) is 27.0. The van der Waals surface area contributed by atoms with E-state index >= 15 is 0 Å². The summed E-state index contributed by atoms with van der Waals surface area (Å²) in [6, 6.07) is 2.13. The van der Waals surface area contributed by atoms with Gasteiger partial charge >= 0.3 is 12.3 Å². The van der Waals surface area contributed by atoms with E-state index in [0.717, 1.165) is 24.7 Å². The fourth-order valence-corrected chi connectivity index (χ4v) is 7.34. The Balaban J connectivity index is 1.51. The van der Waals surface area contributed by atoms with Crippen molar-refractivity contribution in [1.29, 1.82) is 0 Å². The van der Waals surface area contributed by atoms with Crippen LogP contribution in [-0.2, 0) is 25.8 Å². The Bertz CT molecular complexity index is 1740. The van der Waals surface area contributed by atoms with Crippen molar-refractivity contribution < 1.29 is 40.4 Å². The molecule has 2 saturated heterocycles. The van der Waals surface area contributed by atoms with Gasteiger partial charge in [-0.05, 0) is 43.7 Å². The van der Waals surface area contributed by atoms with E-state index in [1.165, 1.54) is 4.90 Å². The summed E-state index contributed by atoms with van der Waals surface area (Å²) in [4.78, 5) is 28.4. The maximum absolute atomic E-state index is 14.0. The number of aryl methyl sites for hydroxylation is 1. The van der Waals surface area contributed by atoms with Gasteiger partial charge in [-0.1, -0.05) is 19.6 Å². The number of hydrogen-bond acceptors (Lipinski definition) is 10. The predicted octanol–water partition coefficient (Wildman–Crippen LogP) is 5.06. The van der Waals surface area contributed by atoms with Crippen molar-refractivity contribution in [3.63, 3.8) is 0 Å². The first-order chi connectivity index (χ1) is 21.8. The quantitative estimate of drug-likeness (QED) is 0.172. The number of anilines is 1. The van der Waals surface area contributed by atoms with Gasteiger partial charge in [-0.15, -0.1) is 0 Å². The number of ether oxygens (including phenoxy) is 1. The lowest BCUT2D eigenvalue weighted by atomic mass is 9.78. The monoisotopic (exact) mass is 699 g/mol. The number of halogens is 3. The normalized spacial score (nSPS) is 18.0. The molecule has 5 heterocycles. The molecule has 1 amide bonds. The zero-order valence-corrected chi connectivity index (χ0v) is 28.9. The molecule has 1 atom stereocenters. The SMILES string of the molecule is Cc1nn(COCC[Si](C)(C)C)cc1-c1nc(N2CCC3(CCN(C(=O)O)C3)CC2)c2cc(C(OS(C)(=O)=O)C(F)(F)F)ncc2n1. The molecule has 3 aromatic heterocycles. The minimum atomic E-state index is -5.07. The summed E-state index contributed by atoms with van der Waals surface area (Å²) >= 11 is 0. The number of fused-ring (bicyclic) bond motifs is 1. The average molecular weight is 700 g/mol. The number of amides is 1. The van der Waals surface area contributed by atoms with Crippen LogP contribution in [-0.4, -0.2) is 103 Å². The molecule has 5 rings (SSSR count). The summed E-state index contributed by atoms with van der Waals surface area (Å²) in [5.41, 5.74) is 0.663. The second-order valence-corrected chi connectivity index (χ2v) is 20.9. The third-order valence-electron chi connectivity index (χ3n) is 8.66. The van der Waals surface area contributed by atoms with Gasteiger partial charge < -0.3 is 19.6 Å². The number of carbonyl (C=O) groups is 1. The van der Waals surface area contributed by atoms with Crippen LogP contribution >= 0.6 is 0 Å². The maximum Gasteiger partial charge on any atom is 0.421 e.